The molecule has 0 bridgehead atoms. The van der Waals surface area contributed by atoms with Crippen molar-refractivity contribution in [1.29, 1.82) is 0 Å². The molecule has 0 unspecified atom stereocenters. The molecule has 5 nitrogen and oxygen atoms in total. The van der Waals surface area contributed by atoms with E-state index in [-0.39, 0.29) is 5.97 Å². The van der Waals surface area contributed by atoms with Gasteiger partial charge in [-0.25, -0.2) is 4.79 Å². The van der Waals surface area contributed by atoms with Crippen LogP contribution >= 0.6 is 0 Å². The summed E-state index contributed by atoms with van der Waals surface area (Å²) in [6.07, 6.45) is 2.77. The number of unbranched alkanes of at least 4 members (excludes halogenated alkanes) is 1. The Morgan fingerprint density at radius 1 is 1.35 bits per heavy atom. The molecule has 17 heavy (non-hydrogen) atoms. The zero-order chi connectivity index (χ0) is 12.5. The molecule has 0 spiro atoms. The van der Waals surface area contributed by atoms with Gasteiger partial charge in [0.2, 0.25) is 0 Å². The largest absolute Gasteiger partial charge is 0.465 e. The number of hydrogen-bond donors (Lipinski definition) is 0. The van der Waals surface area contributed by atoms with Gasteiger partial charge in [0.05, 0.1) is 12.7 Å². The molecule has 5 heteroatoms. The van der Waals surface area contributed by atoms with Crippen molar-refractivity contribution in [3.05, 3.63) is 45.8 Å². The average molecular weight is 233 g/mol. The number of esters is 1. The molecule has 0 fully saturated rings. The van der Waals surface area contributed by atoms with Crippen LogP contribution in [0.25, 0.3) is 10.4 Å². The molecule has 0 aliphatic heterocycles. The van der Waals surface area contributed by atoms with E-state index in [1.54, 1.807) is 12.1 Å². The summed E-state index contributed by atoms with van der Waals surface area (Å²) < 4.78 is 4.62. The molecule has 0 atom stereocenters. The van der Waals surface area contributed by atoms with E-state index in [0.29, 0.717) is 12.1 Å². The van der Waals surface area contributed by atoms with E-state index in [9.17, 15) is 4.79 Å². The first-order valence-electron chi connectivity index (χ1n) is 5.46. The van der Waals surface area contributed by atoms with Crippen molar-refractivity contribution in [3.63, 3.8) is 0 Å². The van der Waals surface area contributed by atoms with Gasteiger partial charge in [0.25, 0.3) is 0 Å². The maximum absolute atomic E-state index is 11.2. The molecule has 0 aliphatic carbocycles. The number of ether oxygens (including phenoxy) is 1. The van der Waals surface area contributed by atoms with Crippen molar-refractivity contribution >= 4 is 5.97 Å². The van der Waals surface area contributed by atoms with Gasteiger partial charge in [-0.1, -0.05) is 17.2 Å². The van der Waals surface area contributed by atoms with Crippen LogP contribution in [0.3, 0.4) is 0 Å². The van der Waals surface area contributed by atoms with E-state index in [1.165, 1.54) is 12.7 Å². The highest BCUT2D eigenvalue weighted by atomic mass is 16.5. The topological polar surface area (TPSA) is 75.1 Å². The van der Waals surface area contributed by atoms with Crippen molar-refractivity contribution < 1.29 is 9.53 Å². The van der Waals surface area contributed by atoms with Gasteiger partial charge in [-0.05, 0) is 42.5 Å². The maximum atomic E-state index is 11.2. The number of hydrogen-bond acceptors (Lipinski definition) is 3. The lowest BCUT2D eigenvalue weighted by molar-refractivity contribution is 0.0600. The molecular weight excluding hydrogens is 218 g/mol. The Labute approximate surface area is 100 Å². The normalized spacial score (nSPS) is 9.47. The van der Waals surface area contributed by atoms with Crippen LogP contribution in [-0.4, -0.2) is 19.6 Å². The Kier molecular flexibility index (Phi) is 5.61. The Balaban J connectivity index is 2.40. The zero-order valence-corrected chi connectivity index (χ0v) is 9.80. The van der Waals surface area contributed by atoms with Gasteiger partial charge < -0.3 is 4.74 Å². The molecule has 90 valence electrons. The molecule has 1 aromatic rings. The van der Waals surface area contributed by atoms with Gasteiger partial charge in [0.15, 0.2) is 0 Å². The van der Waals surface area contributed by atoms with E-state index in [1.807, 2.05) is 12.1 Å². The second-order valence-corrected chi connectivity index (χ2v) is 3.60. The molecule has 0 heterocycles. The van der Waals surface area contributed by atoms with Gasteiger partial charge in [0, 0.05) is 11.5 Å². The predicted molar refractivity (Wildman–Crippen MR) is 64.7 cm³/mol. The highest BCUT2D eigenvalue weighted by molar-refractivity contribution is 5.89. The standard InChI is InChI=1S/C12H15N3O2/c1-17-12(16)11-7-5-10(6-8-11)4-2-3-9-14-15-13/h5-8H,2-4,9H2,1H3. The number of rotatable bonds is 6. The summed E-state index contributed by atoms with van der Waals surface area (Å²) in [7, 11) is 1.37. The van der Waals surface area contributed by atoms with Crippen molar-refractivity contribution in [2.24, 2.45) is 5.11 Å². The molecule has 0 radical (unpaired) electrons. The van der Waals surface area contributed by atoms with E-state index >= 15 is 0 Å². The van der Waals surface area contributed by atoms with Crippen LogP contribution in [-0.2, 0) is 11.2 Å². The van der Waals surface area contributed by atoms with Crippen molar-refractivity contribution in [2.45, 2.75) is 19.3 Å². The maximum Gasteiger partial charge on any atom is 0.337 e. The molecule has 0 aromatic heterocycles. The summed E-state index contributed by atoms with van der Waals surface area (Å²) in [5.41, 5.74) is 9.83. The van der Waals surface area contributed by atoms with E-state index in [2.05, 4.69) is 14.8 Å². The SMILES string of the molecule is COC(=O)c1ccc(CCCCN=[N+]=[N-])cc1. The summed E-state index contributed by atoms with van der Waals surface area (Å²) in [4.78, 5) is 13.9. The number of carbonyl (C=O) groups is 1. The van der Waals surface area contributed by atoms with Gasteiger partial charge in [-0.15, -0.1) is 0 Å². The predicted octanol–water partition coefficient (Wildman–Crippen LogP) is 3.11. The van der Waals surface area contributed by atoms with Crippen LogP contribution in [0, 0.1) is 0 Å². The van der Waals surface area contributed by atoms with Crippen LogP contribution in [0.4, 0.5) is 0 Å². The number of carbonyl (C=O) groups excluding carboxylic acids is 1. The van der Waals surface area contributed by atoms with E-state index in [0.717, 1.165) is 19.3 Å². The third-order valence-corrected chi connectivity index (χ3v) is 2.41. The molecule has 0 N–H and O–H groups in total. The summed E-state index contributed by atoms with van der Waals surface area (Å²) in [6, 6.07) is 7.35. The smallest absolute Gasteiger partial charge is 0.337 e. The first-order valence-corrected chi connectivity index (χ1v) is 5.46. The molecule has 0 saturated heterocycles. The minimum Gasteiger partial charge on any atom is -0.465 e. The number of azide groups is 1. The average Bonchev–Trinajstić information content (AvgIpc) is 2.38. The second-order valence-electron chi connectivity index (χ2n) is 3.60. The first-order chi connectivity index (χ1) is 8.27. The highest BCUT2D eigenvalue weighted by Gasteiger charge is 2.03. The third-order valence-electron chi connectivity index (χ3n) is 2.41. The molecule has 0 aliphatic rings. The summed E-state index contributed by atoms with van der Waals surface area (Å²) in [6.45, 7) is 0.538. The van der Waals surface area contributed by atoms with Gasteiger partial charge in [-0.3, -0.25) is 0 Å². The van der Waals surface area contributed by atoms with Crippen molar-refractivity contribution in [2.75, 3.05) is 13.7 Å². The van der Waals surface area contributed by atoms with Crippen LogP contribution in [0.5, 0.6) is 0 Å². The van der Waals surface area contributed by atoms with Crippen LogP contribution in [0.15, 0.2) is 29.4 Å². The highest BCUT2D eigenvalue weighted by Crippen LogP contribution is 2.08. The van der Waals surface area contributed by atoms with Gasteiger partial charge in [-0.2, -0.15) is 0 Å². The summed E-state index contributed by atoms with van der Waals surface area (Å²) >= 11 is 0. The van der Waals surface area contributed by atoms with Crippen LogP contribution < -0.4 is 0 Å². The molecular formula is C12H15N3O2. The van der Waals surface area contributed by atoms with Crippen LogP contribution in [0.2, 0.25) is 0 Å². The Bertz CT molecular complexity index is 408. The molecule has 1 rings (SSSR count). The molecule has 1 aromatic carbocycles. The van der Waals surface area contributed by atoms with E-state index < -0.39 is 0 Å². The third kappa shape index (κ3) is 4.57. The van der Waals surface area contributed by atoms with Crippen LogP contribution in [0.1, 0.15) is 28.8 Å². The van der Waals surface area contributed by atoms with Gasteiger partial charge >= 0.3 is 5.97 Å². The summed E-state index contributed by atoms with van der Waals surface area (Å²) in [5, 5.41) is 3.47. The van der Waals surface area contributed by atoms with E-state index in [4.69, 9.17) is 5.53 Å². The number of aryl methyl sites for hydroxylation is 1. The number of nitrogens with zero attached hydrogens (tertiary/aromatic N) is 3. The summed E-state index contributed by atoms with van der Waals surface area (Å²) in [5.74, 6) is -0.320. The lowest BCUT2D eigenvalue weighted by atomic mass is 10.1. The lowest BCUT2D eigenvalue weighted by Gasteiger charge is -2.02. The van der Waals surface area contributed by atoms with Crippen molar-refractivity contribution in [3.8, 4) is 0 Å². The van der Waals surface area contributed by atoms with Crippen molar-refractivity contribution in [1.82, 2.24) is 0 Å². The molecule has 0 saturated carbocycles. The molecule has 0 amide bonds. The number of benzene rings is 1. The van der Waals surface area contributed by atoms with Gasteiger partial charge in [0.1, 0.15) is 0 Å². The fourth-order valence-electron chi connectivity index (χ4n) is 1.48. The monoisotopic (exact) mass is 233 g/mol. The Morgan fingerprint density at radius 3 is 2.65 bits per heavy atom. The fourth-order valence-corrected chi connectivity index (χ4v) is 1.48. The lowest BCUT2D eigenvalue weighted by Crippen LogP contribution is -2.00. The minimum absolute atomic E-state index is 0.320. The second kappa shape index (κ2) is 7.30. The fraction of sp³-hybridized carbons (Fsp3) is 0.417. The first kappa shape index (κ1) is 13.1. The Morgan fingerprint density at radius 2 is 2.06 bits per heavy atom. The minimum atomic E-state index is -0.320. The quantitative estimate of drug-likeness (QED) is 0.249. The number of methoxy groups -OCH3 is 1. The zero-order valence-electron chi connectivity index (χ0n) is 9.80. The Hall–Kier alpha value is -2.00.